The summed E-state index contributed by atoms with van der Waals surface area (Å²) >= 11 is 6.73. The van der Waals surface area contributed by atoms with Crippen molar-refractivity contribution in [1.82, 2.24) is 19.1 Å². The van der Waals surface area contributed by atoms with Gasteiger partial charge in [-0.25, -0.2) is 19.6 Å². The molecular formula is C32H35Br2KN4O11. The van der Waals surface area contributed by atoms with Gasteiger partial charge in [-0.2, -0.15) is 0 Å². The van der Waals surface area contributed by atoms with Crippen LogP contribution in [0, 0.1) is 0 Å². The standard InChI is InChI=1S/C17H19BrN2O5.C15H15BrN2O5.K.H2O/c1-5-23-16(21)15-11-8-24-12-7-13(22-4)14(25-9(2)3)6-10(12)20(11)17(18)19-15;1-7(2)23-12-4-8-10(5-11(12)21-3)22-6-9-13(14(19)20)17-15(16)18(8)9;;/h6-7,9H,5,8H2,1-4H3;4-5,7H,6H2,1-3H3,(H,19,20);;1H2/q;;+1;/p-1. The summed E-state index contributed by atoms with van der Waals surface area (Å²) < 4.78 is 43.3. The first-order valence-electron chi connectivity index (χ1n) is 14.9. The van der Waals surface area contributed by atoms with Crippen LogP contribution >= 0.6 is 31.9 Å². The molecule has 6 rings (SSSR count). The molecule has 18 heteroatoms. The third-order valence-corrected chi connectivity index (χ3v) is 8.03. The Kier molecular flexibility index (Phi) is 14.6. The number of hydrogen-bond acceptors (Lipinski definition) is 12. The van der Waals surface area contributed by atoms with Gasteiger partial charge in [-0.15, -0.1) is 0 Å². The average Bonchev–Trinajstić information content (AvgIpc) is 3.57. The van der Waals surface area contributed by atoms with E-state index < -0.39 is 11.9 Å². The van der Waals surface area contributed by atoms with Crippen molar-refractivity contribution < 1.29 is 105 Å². The summed E-state index contributed by atoms with van der Waals surface area (Å²) in [5.74, 6) is 1.89. The molecule has 0 fully saturated rings. The van der Waals surface area contributed by atoms with Crippen LogP contribution < -0.4 is 79.8 Å². The second-order valence-corrected chi connectivity index (χ2v) is 12.3. The van der Waals surface area contributed by atoms with Crippen LogP contribution in [0.2, 0.25) is 0 Å². The number of aromatic nitrogens is 4. The Morgan fingerprint density at radius 1 is 0.800 bits per heavy atom. The summed E-state index contributed by atoms with van der Waals surface area (Å²) in [6.45, 7) is 10.0. The molecule has 4 heterocycles. The number of hydrogen-bond donors (Lipinski definition) is 1. The molecule has 2 aliphatic heterocycles. The number of nitrogens with zero attached hydrogens (tertiary/aromatic N) is 4. The van der Waals surface area contributed by atoms with Gasteiger partial charge in [0.15, 0.2) is 43.9 Å². The van der Waals surface area contributed by atoms with Gasteiger partial charge in [-0.1, -0.05) is 0 Å². The number of halogens is 2. The fraction of sp³-hybridized carbons (Fsp3) is 0.375. The van der Waals surface area contributed by atoms with Crippen LogP contribution in [-0.4, -0.2) is 74.7 Å². The van der Waals surface area contributed by atoms with E-state index in [9.17, 15) is 14.7 Å². The van der Waals surface area contributed by atoms with Gasteiger partial charge in [-0.3, -0.25) is 9.13 Å². The Balaban J connectivity index is 0.000000261. The number of carboxylic acid groups (broad SMARTS) is 1. The molecule has 15 nitrogen and oxygen atoms in total. The quantitative estimate of drug-likeness (QED) is 0.191. The second kappa shape index (κ2) is 17.6. The van der Waals surface area contributed by atoms with Gasteiger partial charge < -0.3 is 43.7 Å². The van der Waals surface area contributed by atoms with Crippen LogP contribution in [0.25, 0.3) is 11.4 Å². The van der Waals surface area contributed by atoms with E-state index in [-0.39, 0.29) is 100 Å². The van der Waals surface area contributed by atoms with Crippen LogP contribution in [0.15, 0.2) is 33.7 Å². The zero-order valence-electron chi connectivity index (χ0n) is 28.7. The fourth-order valence-corrected chi connectivity index (χ4v) is 6.25. The predicted molar refractivity (Wildman–Crippen MR) is 181 cm³/mol. The zero-order chi connectivity index (χ0) is 34.9. The van der Waals surface area contributed by atoms with E-state index >= 15 is 0 Å². The zero-order valence-corrected chi connectivity index (χ0v) is 35.0. The molecule has 2 N–H and O–H groups in total. The molecule has 0 spiro atoms. The van der Waals surface area contributed by atoms with Crippen molar-refractivity contribution in [3.63, 3.8) is 0 Å². The SMILES string of the molecule is CCOC(=O)c1nc(Br)n2c1COc1cc(OC)c(OC(C)C)cc1-2.COc1cc2c(cc1OC(C)C)-n1c(Br)nc(C(=O)O)c1CO2.[K+].[OH-]. The number of aromatic carboxylic acids is 1. The molecule has 0 saturated heterocycles. The fourth-order valence-electron chi connectivity index (χ4n) is 5.08. The smallest absolute Gasteiger partial charge is 0.870 e. The number of fused-ring (bicyclic) bond motifs is 6. The molecule has 0 saturated carbocycles. The summed E-state index contributed by atoms with van der Waals surface area (Å²) in [6, 6.07) is 7.07. The molecule has 0 bridgehead atoms. The molecule has 0 aliphatic carbocycles. The van der Waals surface area contributed by atoms with Crippen molar-refractivity contribution in [3.8, 4) is 45.9 Å². The van der Waals surface area contributed by atoms with E-state index in [1.165, 1.54) is 0 Å². The van der Waals surface area contributed by atoms with Crippen molar-refractivity contribution >= 4 is 43.8 Å². The van der Waals surface area contributed by atoms with Gasteiger partial charge in [-0.05, 0) is 66.5 Å². The number of carbonyl (C=O) groups excluding carboxylic acids is 1. The van der Waals surface area contributed by atoms with Gasteiger partial charge in [0.05, 0.1) is 55.8 Å². The Labute approximate surface area is 347 Å². The van der Waals surface area contributed by atoms with Crippen LogP contribution in [-0.2, 0) is 18.0 Å². The van der Waals surface area contributed by atoms with Gasteiger partial charge in [0.25, 0.3) is 0 Å². The van der Waals surface area contributed by atoms with Crippen molar-refractivity contribution in [2.75, 3.05) is 20.8 Å². The van der Waals surface area contributed by atoms with E-state index in [0.29, 0.717) is 66.7 Å². The van der Waals surface area contributed by atoms with Crippen LogP contribution in [0.1, 0.15) is 67.0 Å². The summed E-state index contributed by atoms with van der Waals surface area (Å²) in [5.41, 5.74) is 2.66. The van der Waals surface area contributed by atoms with Crippen molar-refractivity contribution in [2.45, 2.75) is 60.0 Å². The third kappa shape index (κ3) is 8.44. The maximum absolute atomic E-state index is 12.1. The molecule has 2 aromatic carbocycles. The number of carbonyl (C=O) groups is 2. The van der Waals surface area contributed by atoms with E-state index in [4.69, 9.17) is 33.2 Å². The number of benzene rings is 2. The van der Waals surface area contributed by atoms with Crippen LogP contribution in [0.5, 0.6) is 34.5 Å². The van der Waals surface area contributed by atoms with Crippen LogP contribution in [0.4, 0.5) is 0 Å². The molecule has 0 radical (unpaired) electrons. The number of imidazole rings is 2. The maximum atomic E-state index is 12.1. The molecule has 0 amide bonds. The Morgan fingerprint density at radius 2 is 1.22 bits per heavy atom. The minimum atomic E-state index is -1.10. The monoisotopic (exact) mass is 848 g/mol. The molecule has 264 valence electrons. The predicted octanol–water partition coefficient (Wildman–Crippen LogP) is 3.35. The number of rotatable bonds is 9. The molecule has 2 aromatic heterocycles. The number of methoxy groups -OCH3 is 2. The largest absolute Gasteiger partial charge is 1.00 e. The van der Waals surface area contributed by atoms with Crippen molar-refractivity contribution in [2.24, 2.45) is 0 Å². The van der Waals surface area contributed by atoms with Gasteiger partial charge in [0.2, 0.25) is 0 Å². The number of esters is 1. The number of carboxylic acids is 1. The topological polar surface area (TPSA) is 185 Å². The molecular weight excluding hydrogens is 815 g/mol. The minimum Gasteiger partial charge on any atom is -0.870 e. The maximum Gasteiger partial charge on any atom is 1.00 e. The summed E-state index contributed by atoms with van der Waals surface area (Å²) in [6.07, 6.45) is -0.0519. The normalized spacial score (nSPS) is 11.8. The molecule has 4 aromatic rings. The third-order valence-electron chi connectivity index (χ3n) is 6.96. The van der Waals surface area contributed by atoms with Gasteiger partial charge >= 0.3 is 63.3 Å². The molecule has 50 heavy (non-hydrogen) atoms. The van der Waals surface area contributed by atoms with Gasteiger partial charge in [0, 0.05) is 24.3 Å². The Hall–Kier alpha value is -2.84. The first kappa shape index (κ1) is 41.6. The van der Waals surface area contributed by atoms with Crippen molar-refractivity contribution in [3.05, 3.63) is 56.5 Å². The van der Waals surface area contributed by atoms with E-state index in [1.807, 2.05) is 38.3 Å². The first-order valence-corrected chi connectivity index (χ1v) is 16.4. The van der Waals surface area contributed by atoms with E-state index in [2.05, 4.69) is 41.8 Å². The second-order valence-electron chi connectivity index (χ2n) is 10.9. The average molecular weight is 851 g/mol. The first-order chi connectivity index (χ1) is 22.9. The van der Waals surface area contributed by atoms with Crippen LogP contribution in [0.3, 0.4) is 0 Å². The Morgan fingerprint density at radius 3 is 1.60 bits per heavy atom. The van der Waals surface area contributed by atoms with Gasteiger partial charge in [0.1, 0.15) is 24.7 Å². The minimum absolute atomic E-state index is 0. The number of ether oxygens (including phenoxy) is 7. The summed E-state index contributed by atoms with van der Waals surface area (Å²) in [7, 11) is 3.13. The molecule has 0 unspecified atom stereocenters. The molecule has 2 aliphatic rings. The Bertz CT molecular complexity index is 1880. The summed E-state index contributed by atoms with van der Waals surface area (Å²) in [5, 5.41) is 9.26. The van der Waals surface area contributed by atoms with Crippen molar-refractivity contribution in [1.29, 1.82) is 0 Å². The van der Waals surface area contributed by atoms with E-state index in [0.717, 1.165) is 0 Å². The molecule has 0 atom stereocenters. The summed E-state index contributed by atoms with van der Waals surface area (Å²) in [4.78, 5) is 31.8. The van der Waals surface area contributed by atoms with E-state index in [1.54, 1.807) is 43.9 Å².